The van der Waals surface area contributed by atoms with Gasteiger partial charge in [-0.15, -0.1) is 6.58 Å². The molecule has 0 radical (unpaired) electrons. The smallest absolute Gasteiger partial charge is 0.00159 e. The molecule has 0 unspecified atom stereocenters. The Balaban J connectivity index is 3.27. The van der Waals surface area contributed by atoms with Gasteiger partial charge >= 0.3 is 0 Å². The van der Waals surface area contributed by atoms with Gasteiger partial charge in [0.1, 0.15) is 0 Å². The summed E-state index contributed by atoms with van der Waals surface area (Å²) in [6.45, 7) is 11.8. The van der Waals surface area contributed by atoms with E-state index in [1.165, 1.54) is 32.5 Å². The first kappa shape index (κ1) is 10.7. The molecule has 0 spiro atoms. The molecular formula is C10H21N. The van der Waals surface area contributed by atoms with Crippen molar-refractivity contribution in [2.45, 2.75) is 33.1 Å². The van der Waals surface area contributed by atoms with E-state index in [9.17, 15) is 0 Å². The van der Waals surface area contributed by atoms with Crippen LogP contribution in [0.15, 0.2) is 12.7 Å². The van der Waals surface area contributed by atoms with E-state index in [1.807, 2.05) is 6.08 Å². The van der Waals surface area contributed by atoms with Gasteiger partial charge in [-0.3, -0.25) is 0 Å². The lowest BCUT2D eigenvalue weighted by atomic mass is 10.3. The topological polar surface area (TPSA) is 3.24 Å². The number of rotatable bonds is 7. The minimum atomic E-state index is 1.15. The molecule has 0 rings (SSSR count). The molecule has 0 heterocycles. The van der Waals surface area contributed by atoms with Crippen molar-refractivity contribution in [3.05, 3.63) is 12.7 Å². The largest absolute Gasteiger partial charge is 0.304 e. The molecule has 1 nitrogen and oxygen atoms in total. The molecule has 0 N–H and O–H groups in total. The van der Waals surface area contributed by atoms with Gasteiger partial charge in [0, 0.05) is 0 Å². The molecule has 0 aromatic carbocycles. The second-order valence-corrected chi connectivity index (χ2v) is 2.87. The average molecular weight is 155 g/mol. The number of unbranched alkanes of at least 4 members (excludes halogenated alkanes) is 1. The summed E-state index contributed by atoms with van der Waals surface area (Å²) >= 11 is 0. The van der Waals surface area contributed by atoms with E-state index in [1.54, 1.807) is 0 Å². The van der Waals surface area contributed by atoms with Crippen molar-refractivity contribution in [2.75, 3.05) is 19.6 Å². The number of hydrogen-bond donors (Lipinski definition) is 0. The van der Waals surface area contributed by atoms with Crippen molar-refractivity contribution >= 4 is 0 Å². The molecule has 0 aliphatic carbocycles. The molecule has 11 heavy (non-hydrogen) atoms. The van der Waals surface area contributed by atoms with Crippen LogP contribution in [0.5, 0.6) is 0 Å². The van der Waals surface area contributed by atoms with Crippen molar-refractivity contribution in [3.63, 3.8) is 0 Å². The molecule has 0 bridgehead atoms. The monoisotopic (exact) mass is 155 g/mol. The summed E-state index contributed by atoms with van der Waals surface area (Å²) < 4.78 is 0. The zero-order chi connectivity index (χ0) is 8.53. The minimum absolute atomic E-state index is 1.15. The fourth-order valence-corrected chi connectivity index (χ4v) is 1.20. The van der Waals surface area contributed by atoms with Crippen LogP contribution in [0.3, 0.4) is 0 Å². The van der Waals surface area contributed by atoms with Gasteiger partial charge in [0.25, 0.3) is 0 Å². The Kier molecular flexibility index (Phi) is 7.59. The van der Waals surface area contributed by atoms with Crippen molar-refractivity contribution < 1.29 is 0 Å². The summed E-state index contributed by atoms with van der Waals surface area (Å²) in [6, 6.07) is 0. The Hall–Kier alpha value is -0.300. The number of allylic oxidation sites excluding steroid dienone is 1. The van der Waals surface area contributed by atoms with Crippen LogP contribution in [-0.4, -0.2) is 24.5 Å². The first-order valence-electron chi connectivity index (χ1n) is 4.68. The molecule has 66 valence electrons. The Bertz CT molecular complexity index is 88.9. The van der Waals surface area contributed by atoms with E-state index in [0.29, 0.717) is 0 Å². The third-order valence-corrected chi connectivity index (χ3v) is 1.87. The zero-order valence-corrected chi connectivity index (χ0v) is 7.97. The van der Waals surface area contributed by atoms with Gasteiger partial charge in [-0.2, -0.15) is 0 Å². The highest BCUT2D eigenvalue weighted by Crippen LogP contribution is 1.96. The Labute approximate surface area is 71.1 Å². The van der Waals surface area contributed by atoms with Crippen LogP contribution in [0, 0.1) is 0 Å². The van der Waals surface area contributed by atoms with E-state index in [4.69, 9.17) is 0 Å². The lowest BCUT2D eigenvalue weighted by molar-refractivity contribution is 0.286. The highest BCUT2D eigenvalue weighted by Gasteiger charge is 1.97. The predicted octanol–water partition coefficient (Wildman–Crippen LogP) is 2.68. The molecule has 0 aromatic heterocycles. The first-order chi connectivity index (χ1) is 5.35. The quantitative estimate of drug-likeness (QED) is 0.403. The van der Waals surface area contributed by atoms with E-state index in [2.05, 4.69) is 25.3 Å². The summed E-state index contributed by atoms with van der Waals surface area (Å²) in [7, 11) is 0. The van der Waals surface area contributed by atoms with Crippen LogP contribution in [0.2, 0.25) is 0 Å². The maximum absolute atomic E-state index is 3.71. The van der Waals surface area contributed by atoms with Gasteiger partial charge in [0.05, 0.1) is 0 Å². The van der Waals surface area contributed by atoms with Gasteiger partial charge in [0.2, 0.25) is 0 Å². The Morgan fingerprint density at radius 1 is 1.27 bits per heavy atom. The van der Waals surface area contributed by atoms with Crippen LogP contribution in [0.25, 0.3) is 0 Å². The van der Waals surface area contributed by atoms with Crippen LogP contribution in [0.4, 0.5) is 0 Å². The molecule has 0 saturated carbocycles. The number of nitrogens with zero attached hydrogens (tertiary/aromatic N) is 1. The summed E-state index contributed by atoms with van der Waals surface area (Å²) in [5, 5.41) is 0. The standard InChI is InChI=1S/C10H21N/c1-4-7-8-10-11(6-3)9-5-2/h4H,1,5-10H2,2-3H3. The summed E-state index contributed by atoms with van der Waals surface area (Å²) in [6.07, 6.45) is 5.68. The fourth-order valence-electron chi connectivity index (χ4n) is 1.20. The molecular weight excluding hydrogens is 134 g/mol. The van der Waals surface area contributed by atoms with Crippen molar-refractivity contribution in [3.8, 4) is 0 Å². The molecule has 0 saturated heterocycles. The van der Waals surface area contributed by atoms with Crippen LogP contribution < -0.4 is 0 Å². The fraction of sp³-hybridized carbons (Fsp3) is 0.800. The van der Waals surface area contributed by atoms with Gasteiger partial charge in [0.15, 0.2) is 0 Å². The van der Waals surface area contributed by atoms with Crippen LogP contribution in [-0.2, 0) is 0 Å². The molecule has 0 fully saturated rings. The van der Waals surface area contributed by atoms with Crippen molar-refractivity contribution in [1.82, 2.24) is 4.90 Å². The number of hydrogen-bond acceptors (Lipinski definition) is 1. The Morgan fingerprint density at radius 2 is 2.00 bits per heavy atom. The third-order valence-electron chi connectivity index (χ3n) is 1.87. The second-order valence-electron chi connectivity index (χ2n) is 2.87. The second kappa shape index (κ2) is 7.80. The highest BCUT2D eigenvalue weighted by molar-refractivity contribution is 4.67. The maximum atomic E-state index is 3.71. The SMILES string of the molecule is C=CCCCN(CC)CCC. The van der Waals surface area contributed by atoms with Gasteiger partial charge in [-0.1, -0.05) is 19.9 Å². The van der Waals surface area contributed by atoms with Crippen LogP contribution in [0.1, 0.15) is 33.1 Å². The Morgan fingerprint density at radius 3 is 2.45 bits per heavy atom. The maximum Gasteiger partial charge on any atom is -0.00159 e. The average Bonchev–Trinajstić information content (AvgIpc) is 2.03. The summed E-state index contributed by atoms with van der Waals surface area (Å²) in [5.74, 6) is 0. The van der Waals surface area contributed by atoms with E-state index in [-0.39, 0.29) is 0 Å². The molecule has 0 aliphatic heterocycles. The molecule has 0 aromatic rings. The summed E-state index contributed by atoms with van der Waals surface area (Å²) in [5.41, 5.74) is 0. The van der Waals surface area contributed by atoms with E-state index in [0.717, 1.165) is 6.42 Å². The van der Waals surface area contributed by atoms with Gasteiger partial charge in [-0.25, -0.2) is 0 Å². The van der Waals surface area contributed by atoms with Crippen molar-refractivity contribution in [2.24, 2.45) is 0 Å². The van der Waals surface area contributed by atoms with Crippen LogP contribution >= 0.6 is 0 Å². The molecule has 0 atom stereocenters. The minimum Gasteiger partial charge on any atom is -0.304 e. The molecule has 0 amide bonds. The first-order valence-corrected chi connectivity index (χ1v) is 4.68. The third kappa shape index (κ3) is 6.11. The molecule has 0 aliphatic rings. The van der Waals surface area contributed by atoms with Gasteiger partial charge < -0.3 is 4.90 Å². The van der Waals surface area contributed by atoms with E-state index < -0.39 is 0 Å². The normalized spacial score (nSPS) is 10.5. The van der Waals surface area contributed by atoms with E-state index >= 15 is 0 Å². The van der Waals surface area contributed by atoms with Gasteiger partial charge in [-0.05, 0) is 38.9 Å². The van der Waals surface area contributed by atoms with Crippen molar-refractivity contribution in [1.29, 1.82) is 0 Å². The summed E-state index contributed by atoms with van der Waals surface area (Å²) in [4.78, 5) is 2.49. The molecule has 1 heteroatoms. The predicted molar refractivity (Wildman–Crippen MR) is 51.8 cm³/mol. The lowest BCUT2D eigenvalue weighted by Crippen LogP contribution is -2.25. The lowest BCUT2D eigenvalue weighted by Gasteiger charge is -2.18. The highest BCUT2D eigenvalue weighted by atomic mass is 15.1. The zero-order valence-electron chi connectivity index (χ0n) is 7.97.